The Morgan fingerprint density at radius 3 is 2.89 bits per heavy atom. The maximum Gasteiger partial charge on any atom is 0.269 e. The van der Waals surface area contributed by atoms with Crippen molar-refractivity contribution >= 4 is 17.5 Å². The lowest BCUT2D eigenvalue weighted by atomic mass is 9.97. The van der Waals surface area contributed by atoms with Crippen LogP contribution < -0.4 is 10.6 Å². The molecule has 2 saturated heterocycles. The molecule has 2 atom stereocenters. The SMILES string of the molecule is O=C(NCC1CCCN(C(=O)Cc2cccc([N+](=O)[O-])c2)C1)C1CCCN1. The lowest BCUT2D eigenvalue weighted by Gasteiger charge is -2.33. The number of hydrogen-bond acceptors (Lipinski definition) is 5. The van der Waals surface area contributed by atoms with Crippen LogP contribution in [-0.2, 0) is 16.0 Å². The summed E-state index contributed by atoms with van der Waals surface area (Å²) in [5, 5.41) is 17.1. The fourth-order valence-corrected chi connectivity index (χ4v) is 3.80. The number of nitro benzene ring substituents is 1. The van der Waals surface area contributed by atoms with E-state index in [1.54, 1.807) is 12.1 Å². The topological polar surface area (TPSA) is 105 Å². The summed E-state index contributed by atoms with van der Waals surface area (Å²) in [5.74, 6) is 0.273. The van der Waals surface area contributed by atoms with E-state index in [-0.39, 0.29) is 35.9 Å². The van der Waals surface area contributed by atoms with Crippen molar-refractivity contribution in [3.05, 3.63) is 39.9 Å². The molecule has 8 heteroatoms. The largest absolute Gasteiger partial charge is 0.354 e. The van der Waals surface area contributed by atoms with Gasteiger partial charge in [0.15, 0.2) is 0 Å². The number of carbonyl (C=O) groups is 2. The van der Waals surface area contributed by atoms with Crippen LogP contribution in [0.3, 0.4) is 0 Å². The molecule has 0 saturated carbocycles. The van der Waals surface area contributed by atoms with Crippen LogP contribution in [-0.4, -0.2) is 53.9 Å². The molecule has 2 aliphatic rings. The van der Waals surface area contributed by atoms with E-state index in [1.165, 1.54) is 12.1 Å². The Hall–Kier alpha value is -2.48. The van der Waals surface area contributed by atoms with Crippen LogP contribution in [0.15, 0.2) is 24.3 Å². The van der Waals surface area contributed by atoms with Crippen molar-refractivity contribution in [1.29, 1.82) is 0 Å². The van der Waals surface area contributed by atoms with Gasteiger partial charge in [-0.05, 0) is 43.7 Å². The fourth-order valence-electron chi connectivity index (χ4n) is 3.80. The summed E-state index contributed by atoms with van der Waals surface area (Å²) in [6.07, 6.45) is 3.96. The number of benzene rings is 1. The second-order valence-corrected chi connectivity index (χ2v) is 7.35. The van der Waals surface area contributed by atoms with Gasteiger partial charge in [-0.3, -0.25) is 19.7 Å². The van der Waals surface area contributed by atoms with Gasteiger partial charge in [0, 0.05) is 31.8 Å². The normalized spacial score (nSPS) is 22.4. The Kier molecular flexibility index (Phi) is 6.39. The second-order valence-electron chi connectivity index (χ2n) is 7.35. The van der Waals surface area contributed by atoms with Gasteiger partial charge in [0.25, 0.3) is 5.69 Å². The van der Waals surface area contributed by atoms with Crippen LogP contribution in [0.4, 0.5) is 5.69 Å². The van der Waals surface area contributed by atoms with E-state index in [0.717, 1.165) is 32.2 Å². The van der Waals surface area contributed by atoms with Gasteiger partial charge in [-0.1, -0.05) is 12.1 Å². The minimum absolute atomic E-state index is 0.0000512. The Bertz CT molecular complexity index is 703. The van der Waals surface area contributed by atoms with Crippen LogP contribution in [0.2, 0.25) is 0 Å². The molecule has 0 spiro atoms. The van der Waals surface area contributed by atoms with Gasteiger partial charge >= 0.3 is 0 Å². The Labute approximate surface area is 158 Å². The van der Waals surface area contributed by atoms with Gasteiger partial charge in [0.05, 0.1) is 17.4 Å². The maximum atomic E-state index is 12.6. The number of nitrogens with zero attached hydrogens (tertiary/aromatic N) is 2. The molecule has 2 N–H and O–H groups in total. The molecule has 0 bridgehead atoms. The van der Waals surface area contributed by atoms with Crippen molar-refractivity contribution in [2.75, 3.05) is 26.2 Å². The van der Waals surface area contributed by atoms with Gasteiger partial charge in [0.2, 0.25) is 11.8 Å². The number of non-ortho nitro benzene ring substituents is 1. The second kappa shape index (κ2) is 8.94. The molecular formula is C19H26N4O4. The molecular weight excluding hydrogens is 348 g/mol. The summed E-state index contributed by atoms with van der Waals surface area (Å²) in [7, 11) is 0. The van der Waals surface area contributed by atoms with Crippen molar-refractivity contribution < 1.29 is 14.5 Å². The fraction of sp³-hybridized carbons (Fsp3) is 0.579. The van der Waals surface area contributed by atoms with Gasteiger partial charge in [0.1, 0.15) is 0 Å². The maximum absolute atomic E-state index is 12.6. The van der Waals surface area contributed by atoms with E-state index >= 15 is 0 Å². The number of hydrogen-bond donors (Lipinski definition) is 2. The van der Waals surface area contributed by atoms with Crippen LogP contribution in [0.25, 0.3) is 0 Å². The third kappa shape index (κ3) is 5.26. The molecule has 3 rings (SSSR count). The molecule has 1 aromatic carbocycles. The molecule has 0 radical (unpaired) electrons. The van der Waals surface area contributed by atoms with E-state index in [1.807, 2.05) is 4.90 Å². The first kappa shape index (κ1) is 19.3. The Balaban J connectivity index is 1.49. The molecule has 8 nitrogen and oxygen atoms in total. The molecule has 0 aromatic heterocycles. The quantitative estimate of drug-likeness (QED) is 0.576. The van der Waals surface area contributed by atoms with Crippen molar-refractivity contribution in [3.8, 4) is 0 Å². The van der Waals surface area contributed by atoms with E-state index < -0.39 is 4.92 Å². The molecule has 2 amide bonds. The van der Waals surface area contributed by atoms with Crippen LogP contribution in [0, 0.1) is 16.0 Å². The van der Waals surface area contributed by atoms with Gasteiger partial charge in [-0.15, -0.1) is 0 Å². The molecule has 0 aliphatic carbocycles. The highest BCUT2D eigenvalue weighted by molar-refractivity contribution is 5.82. The number of carbonyl (C=O) groups excluding carboxylic acids is 2. The zero-order chi connectivity index (χ0) is 19.2. The Morgan fingerprint density at radius 1 is 1.30 bits per heavy atom. The number of likely N-dealkylation sites (tertiary alicyclic amines) is 1. The molecule has 2 unspecified atom stereocenters. The lowest BCUT2D eigenvalue weighted by Crippen LogP contribution is -2.47. The van der Waals surface area contributed by atoms with E-state index in [9.17, 15) is 19.7 Å². The minimum atomic E-state index is -0.452. The average molecular weight is 374 g/mol. The molecule has 2 aliphatic heterocycles. The molecule has 2 heterocycles. The van der Waals surface area contributed by atoms with Crippen molar-refractivity contribution in [1.82, 2.24) is 15.5 Å². The highest BCUT2D eigenvalue weighted by atomic mass is 16.6. The number of nitro groups is 1. The summed E-state index contributed by atoms with van der Waals surface area (Å²) in [4.78, 5) is 37.0. The summed E-state index contributed by atoms with van der Waals surface area (Å²) in [6.45, 7) is 2.79. The molecule has 2 fully saturated rings. The van der Waals surface area contributed by atoms with E-state index in [0.29, 0.717) is 25.2 Å². The predicted octanol–water partition coefficient (Wildman–Crippen LogP) is 1.24. The smallest absolute Gasteiger partial charge is 0.269 e. The standard InChI is InChI=1S/C19H26N4O4/c24-18(11-14-4-1-6-16(10-14)23(26)27)22-9-3-5-15(13-22)12-21-19(25)17-7-2-8-20-17/h1,4,6,10,15,17,20H,2-3,5,7-9,11-13H2,(H,21,25). The van der Waals surface area contributed by atoms with Crippen molar-refractivity contribution in [2.45, 2.75) is 38.1 Å². The van der Waals surface area contributed by atoms with Crippen molar-refractivity contribution in [3.63, 3.8) is 0 Å². The van der Waals surface area contributed by atoms with Crippen LogP contribution >= 0.6 is 0 Å². The number of nitrogens with one attached hydrogen (secondary N) is 2. The van der Waals surface area contributed by atoms with Crippen LogP contribution in [0.5, 0.6) is 0 Å². The highest BCUT2D eigenvalue weighted by Crippen LogP contribution is 2.19. The monoisotopic (exact) mass is 374 g/mol. The molecule has 1 aromatic rings. The van der Waals surface area contributed by atoms with E-state index in [2.05, 4.69) is 10.6 Å². The van der Waals surface area contributed by atoms with Crippen LogP contribution in [0.1, 0.15) is 31.2 Å². The summed E-state index contributed by atoms with van der Waals surface area (Å²) < 4.78 is 0. The zero-order valence-electron chi connectivity index (χ0n) is 15.4. The zero-order valence-corrected chi connectivity index (χ0v) is 15.4. The summed E-state index contributed by atoms with van der Waals surface area (Å²) in [6, 6.07) is 6.13. The van der Waals surface area contributed by atoms with Gasteiger partial charge in [-0.25, -0.2) is 0 Å². The first-order valence-electron chi connectivity index (χ1n) is 9.55. The average Bonchev–Trinajstić information content (AvgIpc) is 3.21. The number of amides is 2. The first-order valence-corrected chi connectivity index (χ1v) is 9.55. The Morgan fingerprint density at radius 2 is 2.15 bits per heavy atom. The molecule has 146 valence electrons. The highest BCUT2D eigenvalue weighted by Gasteiger charge is 2.26. The third-order valence-electron chi connectivity index (χ3n) is 5.29. The van der Waals surface area contributed by atoms with Gasteiger partial charge < -0.3 is 15.5 Å². The van der Waals surface area contributed by atoms with E-state index in [4.69, 9.17) is 0 Å². The summed E-state index contributed by atoms with van der Waals surface area (Å²) >= 11 is 0. The summed E-state index contributed by atoms with van der Waals surface area (Å²) in [5.41, 5.74) is 0.650. The lowest BCUT2D eigenvalue weighted by molar-refractivity contribution is -0.384. The minimum Gasteiger partial charge on any atom is -0.354 e. The predicted molar refractivity (Wildman–Crippen MR) is 100 cm³/mol. The third-order valence-corrected chi connectivity index (χ3v) is 5.29. The number of piperidine rings is 1. The molecule has 27 heavy (non-hydrogen) atoms. The van der Waals surface area contributed by atoms with Gasteiger partial charge in [-0.2, -0.15) is 0 Å². The number of rotatable bonds is 6. The van der Waals surface area contributed by atoms with Crippen molar-refractivity contribution in [2.24, 2.45) is 5.92 Å². The first-order chi connectivity index (χ1) is 13.0.